The topological polar surface area (TPSA) is 66.6 Å². The summed E-state index contributed by atoms with van der Waals surface area (Å²) in [4.78, 5) is 3.46. The van der Waals surface area contributed by atoms with Gasteiger partial charge in [-0.1, -0.05) is 13.0 Å². The molecule has 2 rings (SSSR count). The molecule has 0 unspecified atom stereocenters. The Kier molecular flexibility index (Phi) is 5.54. The van der Waals surface area contributed by atoms with E-state index in [2.05, 4.69) is 30.0 Å². The van der Waals surface area contributed by atoms with Crippen LogP contribution < -0.4 is 10.6 Å². The fraction of sp³-hybridized carbons (Fsp3) is 0.571. The number of anilines is 1. The van der Waals surface area contributed by atoms with Crippen LogP contribution >= 0.6 is 11.8 Å². The smallest absolute Gasteiger partial charge is 0.211 e. The van der Waals surface area contributed by atoms with Crippen molar-refractivity contribution >= 4 is 27.5 Å². The predicted octanol–water partition coefficient (Wildman–Crippen LogP) is 1.34. The Morgan fingerprint density at radius 3 is 2.43 bits per heavy atom. The normalized spacial score (nSPS) is 17.2. The summed E-state index contributed by atoms with van der Waals surface area (Å²) in [6.07, 6.45) is 1.27. The number of nitrogens with zero attached hydrogens (tertiary/aromatic N) is 2. The minimum Gasteiger partial charge on any atom is -0.369 e. The molecule has 1 aromatic carbocycles. The van der Waals surface area contributed by atoms with E-state index in [1.54, 1.807) is 11.8 Å². The maximum Gasteiger partial charge on any atom is 0.211 e. The summed E-state index contributed by atoms with van der Waals surface area (Å²) in [7, 11) is -3.09. The average molecular weight is 329 g/mol. The fourth-order valence-electron chi connectivity index (χ4n) is 2.61. The molecule has 0 aliphatic carbocycles. The number of hydrogen-bond donors (Lipinski definition) is 1. The summed E-state index contributed by atoms with van der Waals surface area (Å²) in [6, 6.07) is 6.24. The van der Waals surface area contributed by atoms with Gasteiger partial charge in [-0.05, 0) is 17.9 Å². The molecule has 1 fully saturated rings. The SMILES string of the molecule is CCSc1cccc(N2CCN(S(C)(=O)=O)CC2)c1CN. The summed E-state index contributed by atoms with van der Waals surface area (Å²) >= 11 is 1.80. The van der Waals surface area contributed by atoms with Crippen LogP contribution in [0.3, 0.4) is 0 Å². The highest BCUT2D eigenvalue weighted by atomic mass is 32.2. The van der Waals surface area contributed by atoms with Crippen LogP contribution in [-0.2, 0) is 16.6 Å². The van der Waals surface area contributed by atoms with Crippen LogP contribution in [0.1, 0.15) is 12.5 Å². The Balaban J connectivity index is 2.18. The molecule has 0 radical (unpaired) electrons. The molecule has 1 aliphatic heterocycles. The highest BCUT2D eigenvalue weighted by molar-refractivity contribution is 7.99. The lowest BCUT2D eigenvalue weighted by molar-refractivity contribution is 0.387. The molecule has 0 bridgehead atoms. The lowest BCUT2D eigenvalue weighted by atomic mass is 10.1. The minimum absolute atomic E-state index is 0.505. The number of piperazine rings is 1. The van der Waals surface area contributed by atoms with Crippen LogP contribution in [0.4, 0.5) is 5.69 Å². The molecule has 0 spiro atoms. The second-order valence-corrected chi connectivity index (χ2v) is 8.33. The summed E-state index contributed by atoms with van der Waals surface area (Å²) in [5.41, 5.74) is 8.25. The molecular weight excluding hydrogens is 306 g/mol. The van der Waals surface area contributed by atoms with E-state index < -0.39 is 10.0 Å². The van der Waals surface area contributed by atoms with Crippen molar-refractivity contribution in [3.8, 4) is 0 Å². The third-order valence-corrected chi connectivity index (χ3v) is 5.95. The zero-order valence-corrected chi connectivity index (χ0v) is 14.2. The molecule has 1 aromatic rings. The first kappa shape index (κ1) is 16.6. The fourth-order valence-corrected chi connectivity index (χ4v) is 4.28. The van der Waals surface area contributed by atoms with E-state index in [-0.39, 0.29) is 0 Å². The van der Waals surface area contributed by atoms with Crippen molar-refractivity contribution in [1.29, 1.82) is 0 Å². The van der Waals surface area contributed by atoms with Crippen LogP contribution in [0.25, 0.3) is 0 Å². The van der Waals surface area contributed by atoms with E-state index in [4.69, 9.17) is 5.73 Å². The van der Waals surface area contributed by atoms with Crippen LogP contribution in [0.5, 0.6) is 0 Å². The van der Waals surface area contributed by atoms with E-state index in [0.29, 0.717) is 32.7 Å². The molecule has 21 heavy (non-hydrogen) atoms. The number of nitrogens with two attached hydrogens (primary N) is 1. The number of thioether (sulfide) groups is 1. The average Bonchev–Trinajstić information content (AvgIpc) is 2.46. The predicted molar refractivity (Wildman–Crippen MR) is 89.4 cm³/mol. The molecular formula is C14H23N3O2S2. The van der Waals surface area contributed by atoms with Gasteiger partial charge in [-0.15, -0.1) is 11.8 Å². The molecule has 5 nitrogen and oxygen atoms in total. The molecule has 1 saturated heterocycles. The Morgan fingerprint density at radius 2 is 1.90 bits per heavy atom. The highest BCUT2D eigenvalue weighted by Gasteiger charge is 2.24. The summed E-state index contributed by atoms with van der Waals surface area (Å²) in [6.45, 7) is 5.12. The molecule has 1 heterocycles. The summed E-state index contributed by atoms with van der Waals surface area (Å²) < 4.78 is 24.7. The van der Waals surface area contributed by atoms with Gasteiger partial charge in [0.15, 0.2) is 0 Å². The van der Waals surface area contributed by atoms with E-state index in [1.165, 1.54) is 15.5 Å². The van der Waals surface area contributed by atoms with Gasteiger partial charge in [0.1, 0.15) is 0 Å². The van der Waals surface area contributed by atoms with E-state index in [9.17, 15) is 8.42 Å². The number of sulfonamides is 1. The van der Waals surface area contributed by atoms with Crippen molar-refractivity contribution in [2.45, 2.75) is 18.4 Å². The van der Waals surface area contributed by atoms with Crippen molar-refractivity contribution < 1.29 is 8.42 Å². The van der Waals surface area contributed by atoms with Gasteiger partial charge in [0.05, 0.1) is 6.26 Å². The zero-order chi connectivity index (χ0) is 15.5. The lowest BCUT2D eigenvalue weighted by Crippen LogP contribution is -2.48. The van der Waals surface area contributed by atoms with Gasteiger partial charge in [0.2, 0.25) is 10.0 Å². The second-order valence-electron chi connectivity index (χ2n) is 5.04. The first-order chi connectivity index (χ1) is 9.97. The summed E-state index contributed by atoms with van der Waals surface area (Å²) in [5, 5.41) is 0. The number of benzene rings is 1. The Labute approximate surface area is 131 Å². The molecule has 7 heteroatoms. The largest absolute Gasteiger partial charge is 0.369 e. The monoisotopic (exact) mass is 329 g/mol. The Bertz CT molecular complexity index is 582. The van der Waals surface area contributed by atoms with Gasteiger partial charge >= 0.3 is 0 Å². The molecule has 0 amide bonds. The lowest BCUT2D eigenvalue weighted by Gasteiger charge is -2.36. The van der Waals surface area contributed by atoms with Gasteiger partial charge in [-0.25, -0.2) is 8.42 Å². The Hall–Kier alpha value is -0.760. The highest BCUT2D eigenvalue weighted by Crippen LogP contribution is 2.31. The molecule has 1 aliphatic rings. The molecule has 2 N–H and O–H groups in total. The number of hydrogen-bond acceptors (Lipinski definition) is 5. The summed E-state index contributed by atoms with van der Waals surface area (Å²) in [5.74, 6) is 1.01. The van der Waals surface area contributed by atoms with E-state index in [1.807, 2.05) is 0 Å². The van der Waals surface area contributed by atoms with Crippen molar-refractivity contribution in [2.24, 2.45) is 5.73 Å². The third kappa shape index (κ3) is 3.91. The minimum atomic E-state index is -3.09. The van der Waals surface area contributed by atoms with Gasteiger partial charge in [0.25, 0.3) is 0 Å². The van der Waals surface area contributed by atoms with Gasteiger partial charge in [0, 0.05) is 48.9 Å². The first-order valence-electron chi connectivity index (χ1n) is 7.12. The van der Waals surface area contributed by atoms with E-state index >= 15 is 0 Å². The Morgan fingerprint density at radius 1 is 1.24 bits per heavy atom. The van der Waals surface area contributed by atoms with Crippen molar-refractivity contribution in [3.63, 3.8) is 0 Å². The van der Waals surface area contributed by atoms with Crippen LogP contribution in [-0.4, -0.2) is 50.9 Å². The molecule has 0 atom stereocenters. The van der Waals surface area contributed by atoms with Crippen LogP contribution in [0.2, 0.25) is 0 Å². The van der Waals surface area contributed by atoms with Gasteiger partial charge in [-0.3, -0.25) is 0 Å². The van der Waals surface area contributed by atoms with Crippen LogP contribution in [0, 0.1) is 0 Å². The molecule has 118 valence electrons. The molecule has 0 aromatic heterocycles. The van der Waals surface area contributed by atoms with Crippen molar-refractivity contribution in [1.82, 2.24) is 4.31 Å². The zero-order valence-electron chi connectivity index (χ0n) is 12.6. The maximum absolute atomic E-state index is 11.6. The maximum atomic E-state index is 11.6. The van der Waals surface area contributed by atoms with Crippen molar-refractivity contribution in [2.75, 3.05) is 43.1 Å². The third-order valence-electron chi connectivity index (χ3n) is 3.66. The first-order valence-corrected chi connectivity index (χ1v) is 9.95. The van der Waals surface area contributed by atoms with Gasteiger partial charge < -0.3 is 10.6 Å². The van der Waals surface area contributed by atoms with Crippen molar-refractivity contribution in [3.05, 3.63) is 23.8 Å². The number of rotatable bonds is 5. The molecule has 0 saturated carbocycles. The quantitative estimate of drug-likeness (QED) is 0.826. The van der Waals surface area contributed by atoms with Crippen LogP contribution in [0.15, 0.2) is 23.1 Å². The van der Waals surface area contributed by atoms with Gasteiger partial charge in [-0.2, -0.15) is 4.31 Å². The second kappa shape index (κ2) is 7.00. The standard InChI is InChI=1S/C14H23N3O2S2/c1-3-20-14-6-4-5-13(12(14)11-15)16-7-9-17(10-8-16)21(2,18)19/h4-6H,3,7-11,15H2,1-2H3. The van der Waals surface area contributed by atoms with E-state index in [0.717, 1.165) is 17.0 Å².